The Morgan fingerprint density at radius 3 is 2.44 bits per heavy atom. The molecule has 27 heavy (non-hydrogen) atoms. The molecule has 0 bridgehead atoms. The van der Waals surface area contributed by atoms with Gasteiger partial charge in [-0.1, -0.05) is 62.0 Å². The minimum absolute atomic E-state index is 0.0851. The topological polar surface area (TPSA) is 3.24 Å². The fourth-order valence-corrected chi connectivity index (χ4v) is 4.73. The van der Waals surface area contributed by atoms with Crippen LogP contribution in [0.4, 0.5) is 4.39 Å². The average Bonchev–Trinajstić information content (AvgIpc) is 3.46. The summed E-state index contributed by atoms with van der Waals surface area (Å²) in [6, 6.07) is 5.43. The van der Waals surface area contributed by atoms with Crippen molar-refractivity contribution in [3.8, 4) is 0 Å². The molecule has 2 saturated carbocycles. The van der Waals surface area contributed by atoms with Crippen LogP contribution in [-0.2, 0) is 6.42 Å². The molecule has 2 heteroatoms. The Bertz CT molecular complexity index is 692. The van der Waals surface area contributed by atoms with Crippen LogP contribution < -0.4 is 0 Å². The zero-order valence-electron chi connectivity index (χ0n) is 17.5. The third kappa shape index (κ3) is 5.46. The van der Waals surface area contributed by atoms with Crippen LogP contribution in [0.25, 0.3) is 0 Å². The minimum atomic E-state index is -0.0851. The summed E-state index contributed by atoms with van der Waals surface area (Å²) < 4.78 is 14.2. The van der Waals surface area contributed by atoms with Crippen molar-refractivity contribution in [2.75, 3.05) is 6.54 Å². The maximum atomic E-state index is 14.2. The Hall–Kier alpha value is -1.57. The van der Waals surface area contributed by atoms with Gasteiger partial charge in [-0.2, -0.15) is 0 Å². The summed E-state index contributed by atoms with van der Waals surface area (Å²) in [5.41, 5.74) is 6.09. The average molecular weight is 370 g/mol. The molecule has 148 valence electrons. The lowest BCUT2D eigenvalue weighted by atomic mass is 9.84. The number of aryl methyl sites for hydroxylation is 1. The Kier molecular flexibility index (Phi) is 6.78. The first kappa shape index (κ1) is 20.2. The zero-order chi connectivity index (χ0) is 19.4. The number of benzene rings is 1. The standard InChI is InChI=1S/C25H36FN/c1-18(2)27(15-14-23-16-19(3)10-13-24(23)26)25(22-11-12-22)20(4)17-21-8-6-5-7-9-21/h10,13,16,21-22H,1,5-9,11-12,14-15,17H2,2-4H3/b25-20+. The van der Waals surface area contributed by atoms with Gasteiger partial charge in [-0.05, 0) is 69.9 Å². The van der Waals surface area contributed by atoms with E-state index in [1.807, 2.05) is 19.1 Å². The van der Waals surface area contributed by atoms with Crippen molar-refractivity contribution in [3.63, 3.8) is 0 Å². The summed E-state index contributed by atoms with van der Waals surface area (Å²) in [7, 11) is 0. The quantitative estimate of drug-likeness (QED) is 0.469. The summed E-state index contributed by atoms with van der Waals surface area (Å²) >= 11 is 0. The van der Waals surface area contributed by atoms with Crippen LogP contribution >= 0.6 is 0 Å². The number of hydrogen-bond acceptors (Lipinski definition) is 1. The fourth-order valence-electron chi connectivity index (χ4n) is 4.73. The normalized spacial score (nSPS) is 19.0. The van der Waals surface area contributed by atoms with Crippen molar-refractivity contribution in [3.05, 3.63) is 58.7 Å². The van der Waals surface area contributed by atoms with Crippen LogP contribution in [0.5, 0.6) is 0 Å². The van der Waals surface area contributed by atoms with Gasteiger partial charge in [0.2, 0.25) is 0 Å². The van der Waals surface area contributed by atoms with Crippen molar-refractivity contribution in [1.29, 1.82) is 0 Å². The summed E-state index contributed by atoms with van der Waals surface area (Å²) in [5.74, 6) is 1.46. The molecule has 2 aliphatic carbocycles. The first-order valence-corrected chi connectivity index (χ1v) is 10.8. The van der Waals surface area contributed by atoms with Gasteiger partial charge in [0.1, 0.15) is 5.82 Å². The number of halogens is 1. The van der Waals surface area contributed by atoms with Crippen LogP contribution in [0.15, 0.2) is 41.7 Å². The molecular formula is C25H36FN. The third-order valence-electron chi connectivity index (χ3n) is 6.28. The van der Waals surface area contributed by atoms with Crippen LogP contribution in [0.3, 0.4) is 0 Å². The van der Waals surface area contributed by atoms with Gasteiger partial charge < -0.3 is 4.90 Å². The lowest BCUT2D eigenvalue weighted by Gasteiger charge is -2.32. The van der Waals surface area contributed by atoms with Gasteiger partial charge in [0.25, 0.3) is 0 Å². The van der Waals surface area contributed by atoms with Crippen molar-refractivity contribution in [1.82, 2.24) is 4.90 Å². The monoisotopic (exact) mass is 369 g/mol. The maximum absolute atomic E-state index is 14.2. The van der Waals surface area contributed by atoms with Gasteiger partial charge in [-0.15, -0.1) is 0 Å². The zero-order valence-corrected chi connectivity index (χ0v) is 17.5. The van der Waals surface area contributed by atoms with E-state index in [1.165, 1.54) is 57.1 Å². The van der Waals surface area contributed by atoms with Crippen LogP contribution in [0, 0.1) is 24.6 Å². The molecule has 0 unspecified atom stereocenters. The summed E-state index contributed by atoms with van der Waals surface area (Å²) in [6.07, 6.45) is 11.5. The van der Waals surface area contributed by atoms with Crippen molar-refractivity contribution in [2.45, 2.75) is 78.6 Å². The molecule has 0 heterocycles. The predicted molar refractivity (Wildman–Crippen MR) is 113 cm³/mol. The smallest absolute Gasteiger partial charge is 0.126 e. The molecule has 2 fully saturated rings. The van der Waals surface area contributed by atoms with Crippen LogP contribution in [-0.4, -0.2) is 11.4 Å². The third-order valence-corrected chi connectivity index (χ3v) is 6.28. The van der Waals surface area contributed by atoms with Crippen LogP contribution in [0.2, 0.25) is 0 Å². The van der Waals surface area contributed by atoms with Gasteiger partial charge in [0.15, 0.2) is 0 Å². The summed E-state index contributed by atoms with van der Waals surface area (Å²) in [6.45, 7) is 11.6. The lowest BCUT2D eigenvalue weighted by molar-refractivity contribution is 0.345. The van der Waals surface area contributed by atoms with E-state index in [0.717, 1.165) is 35.7 Å². The van der Waals surface area contributed by atoms with Gasteiger partial charge in [-0.25, -0.2) is 4.39 Å². The van der Waals surface area contributed by atoms with E-state index in [4.69, 9.17) is 0 Å². The minimum Gasteiger partial charge on any atom is -0.349 e. The summed E-state index contributed by atoms with van der Waals surface area (Å²) in [4.78, 5) is 2.40. The molecule has 2 aliphatic rings. The van der Waals surface area contributed by atoms with E-state index in [-0.39, 0.29) is 5.82 Å². The predicted octanol–water partition coefficient (Wildman–Crippen LogP) is 7.17. The molecule has 1 aromatic rings. The second kappa shape index (κ2) is 9.08. The number of allylic oxidation sites excluding steroid dienone is 3. The highest BCUT2D eigenvalue weighted by molar-refractivity contribution is 5.26. The van der Waals surface area contributed by atoms with E-state index >= 15 is 0 Å². The molecule has 0 amide bonds. The van der Waals surface area contributed by atoms with E-state index in [2.05, 4.69) is 25.3 Å². The highest BCUT2D eigenvalue weighted by Gasteiger charge is 2.32. The van der Waals surface area contributed by atoms with Gasteiger partial charge in [0, 0.05) is 17.9 Å². The van der Waals surface area contributed by atoms with Crippen molar-refractivity contribution >= 4 is 0 Å². The molecule has 0 N–H and O–H groups in total. The fraction of sp³-hybridized carbons (Fsp3) is 0.600. The SMILES string of the molecule is C=C(C)N(CCc1cc(C)ccc1F)/C(=C(\C)CC1CCCCC1)C1CC1. The Labute approximate surface area is 165 Å². The summed E-state index contributed by atoms with van der Waals surface area (Å²) in [5, 5.41) is 0. The van der Waals surface area contributed by atoms with E-state index in [0.29, 0.717) is 5.92 Å². The van der Waals surface area contributed by atoms with E-state index in [9.17, 15) is 4.39 Å². The molecule has 3 rings (SSSR count). The first-order chi connectivity index (χ1) is 13.0. The second-order valence-corrected chi connectivity index (χ2v) is 8.88. The molecule has 0 aliphatic heterocycles. The van der Waals surface area contributed by atoms with Gasteiger partial charge >= 0.3 is 0 Å². The Morgan fingerprint density at radius 1 is 1.11 bits per heavy atom. The Morgan fingerprint density at radius 2 is 1.81 bits per heavy atom. The maximum Gasteiger partial charge on any atom is 0.126 e. The molecule has 1 nitrogen and oxygen atoms in total. The highest BCUT2D eigenvalue weighted by atomic mass is 19.1. The van der Waals surface area contributed by atoms with Crippen LogP contribution in [0.1, 0.15) is 76.3 Å². The van der Waals surface area contributed by atoms with Gasteiger partial charge in [-0.3, -0.25) is 0 Å². The molecule has 0 spiro atoms. The molecule has 1 aromatic carbocycles. The first-order valence-electron chi connectivity index (χ1n) is 10.8. The van der Waals surface area contributed by atoms with Crippen molar-refractivity contribution < 1.29 is 4.39 Å². The molecule has 0 atom stereocenters. The lowest BCUT2D eigenvalue weighted by Crippen LogP contribution is -2.26. The largest absolute Gasteiger partial charge is 0.349 e. The molecular weight excluding hydrogens is 333 g/mol. The highest BCUT2D eigenvalue weighted by Crippen LogP contribution is 2.43. The molecule has 0 radical (unpaired) electrons. The van der Waals surface area contributed by atoms with E-state index < -0.39 is 0 Å². The van der Waals surface area contributed by atoms with Crippen molar-refractivity contribution in [2.24, 2.45) is 11.8 Å². The second-order valence-electron chi connectivity index (χ2n) is 8.88. The Balaban J connectivity index is 1.76. The number of nitrogens with zero attached hydrogens (tertiary/aromatic N) is 1. The molecule has 0 saturated heterocycles. The molecule has 0 aromatic heterocycles. The number of rotatable bonds is 8. The van der Waals surface area contributed by atoms with E-state index in [1.54, 1.807) is 11.6 Å². The van der Waals surface area contributed by atoms with Gasteiger partial charge in [0.05, 0.1) is 0 Å². The number of hydrogen-bond donors (Lipinski definition) is 0.